The average Bonchev–Trinajstić information content (AvgIpc) is 2.73. The molecule has 0 fully saturated rings. The number of rotatable bonds is 5. The molecular weight excluding hydrogens is 370 g/mol. The molecule has 3 rings (SSSR count). The third kappa shape index (κ3) is 4.33. The minimum atomic E-state index is -0.562. The van der Waals surface area contributed by atoms with Gasteiger partial charge in [0.1, 0.15) is 0 Å². The van der Waals surface area contributed by atoms with Crippen molar-refractivity contribution in [2.45, 2.75) is 24.5 Å². The number of hydrogen-bond acceptors (Lipinski definition) is 5. The summed E-state index contributed by atoms with van der Waals surface area (Å²) in [5.74, 6) is 11.8. The van der Waals surface area contributed by atoms with Gasteiger partial charge in [0.05, 0.1) is 11.4 Å². The smallest absolute Gasteiger partial charge is 0.274 e. The quantitative estimate of drug-likeness (QED) is 0.264. The molecule has 0 radical (unpaired) electrons. The van der Waals surface area contributed by atoms with Crippen LogP contribution in [0.25, 0.3) is 11.3 Å². The summed E-state index contributed by atoms with van der Waals surface area (Å²) in [4.78, 5) is 17.4. The molecule has 0 aliphatic carbocycles. The number of benzene rings is 2. The molecule has 0 bridgehead atoms. The van der Waals surface area contributed by atoms with Crippen LogP contribution in [-0.4, -0.2) is 11.0 Å². The van der Waals surface area contributed by atoms with E-state index >= 15 is 0 Å². The van der Waals surface area contributed by atoms with Crippen LogP contribution in [0.1, 0.15) is 16.7 Å². The Morgan fingerprint density at radius 2 is 1.93 bits per heavy atom. The van der Waals surface area contributed by atoms with Crippen molar-refractivity contribution in [2.75, 3.05) is 5.01 Å². The first-order valence-electron chi connectivity index (χ1n) is 8.80. The normalized spacial score (nSPS) is 10.6. The molecule has 1 heterocycles. The monoisotopic (exact) mass is 393 g/mol. The molecule has 5 N–H and O–H groups in total. The van der Waals surface area contributed by atoms with Crippen LogP contribution in [0.2, 0.25) is 0 Å². The number of thioether (sulfide) groups is 1. The minimum absolute atomic E-state index is 0.562. The summed E-state index contributed by atoms with van der Waals surface area (Å²) in [5.41, 5.74) is 7.97. The number of hydrogen-bond donors (Lipinski definition) is 3. The number of anilines is 1. The maximum Gasteiger partial charge on any atom is 0.350 e. The van der Waals surface area contributed by atoms with Crippen LogP contribution in [0.3, 0.4) is 0 Å². The van der Waals surface area contributed by atoms with Gasteiger partial charge in [-0.2, -0.15) is 0 Å². The minimum Gasteiger partial charge on any atom is -0.274 e. The number of pyridine rings is 1. The molecule has 0 unspecified atom stereocenters. The topological polar surface area (TPSA) is 97.3 Å². The zero-order valence-corrected chi connectivity index (χ0v) is 16.7. The summed E-state index contributed by atoms with van der Waals surface area (Å²) in [7, 11) is 0. The third-order valence-corrected chi connectivity index (χ3v) is 5.70. The number of amides is 2. The highest BCUT2D eigenvalue weighted by Crippen LogP contribution is 2.33. The van der Waals surface area contributed by atoms with Crippen LogP contribution >= 0.6 is 11.8 Å². The molecule has 0 aliphatic heterocycles. The Labute approximate surface area is 168 Å². The van der Waals surface area contributed by atoms with Crippen molar-refractivity contribution < 1.29 is 4.79 Å². The van der Waals surface area contributed by atoms with E-state index < -0.39 is 6.03 Å². The Balaban J connectivity index is 1.82. The van der Waals surface area contributed by atoms with Gasteiger partial charge in [-0.1, -0.05) is 24.3 Å². The van der Waals surface area contributed by atoms with Crippen molar-refractivity contribution in [2.24, 2.45) is 11.7 Å². The first-order valence-corrected chi connectivity index (χ1v) is 9.78. The molecule has 28 heavy (non-hydrogen) atoms. The number of nitrogens with one attached hydrogen (secondary N) is 1. The molecule has 6 nitrogen and oxygen atoms in total. The van der Waals surface area contributed by atoms with E-state index in [0.29, 0.717) is 11.4 Å². The second kappa shape index (κ2) is 8.88. The van der Waals surface area contributed by atoms with Gasteiger partial charge in [0.25, 0.3) is 0 Å². The number of aryl methyl sites for hydroxylation is 2. The summed E-state index contributed by atoms with van der Waals surface area (Å²) < 4.78 is 0. The standard InChI is InChI=1S/C21H23N5OS/c1-14-6-5-8-19(26(23)21(27)25-22)17(14)13-28-20-10-9-16(12-15(20)2)18-7-3-4-11-24-18/h3-12H,13,22-23H2,1-2H3,(H,25,27). The van der Waals surface area contributed by atoms with Gasteiger partial charge in [0.2, 0.25) is 0 Å². The van der Waals surface area contributed by atoms with Crippen LogP contribution in [0.4, 0.5) is 10.5 Å². The Morgan fingerprint density at radius 1 is 1.11 bits per heavy atom. The average molecular weight is 394 g/mol. The van der Waals surface area contributed by atoms with Crippen LogP contribution in [0.5, 0.6) is 0 Å². The van der Waals surface area contributed by atoms with Gasteiger partial charge in [-0.3, -0.25) is 10.4 Å². The number of nitrogens with zero attached hydrogens (tertiary/aromatic N) is 2. The van der Waals surface area contributed by atoms with Crippen LogP contribution < -0.4 is 22.1 Å². The summed E-state index contributed by atoms with van der Waals surface area (Å²) in [6.07, 6.45) is 1.79. The number of carbonyl (C=O) groups excluding carboxylic acids is 1. The Bertz CT molecular complexity index is 978. The molecule has 2 aromatic carbocycles. The van der Waals surface area contributed by atoms with E-state index in [2.05, 4.69) is 35.5 Å². The lowest BCUT2D eigenvalue weighted by Gasteiger charge is -2.21. The lowest BCUT2D eigenvalue weighted by atomic mass is 10.1. The van der Waals surface area contributed by atoms with Crippen molar-refractivity contribution in [3.8, 4) is 11.3 Å². The zero-order valence-electron chi connectivity index (χ0n) is 15.8. The van der Waals surface area contributed by atoms with Crippen molar-refractivity contribution in [3.63, 3.8) is 0 Å². The summed E-state index contributed by atoms with van der Waals surface area (Å²) in [6, 6.07) is 17.3. The Hall–Kier alpha value is -2.87. The van der Waals surface area contributed by atoms with Crippen LogP contribution in [0, 0.1) is 13.8 Å². The predicted molar refractivity (Wildman–Crippen MR) is 115 cm³/mol. The molecule has 0 aliphatic rings. The van der Waals surface area contributed by atoms with Gasteiger partial charge in [0, 0.05) is 22.4 Å². The number of aromatic nitrogens is 1. The molecule has 0 spiro atoms. The van der Waals surface area contributed by atoms with Crippen molar-refractivity contribution in [1.29, 1.82) is 0 Å². The zero-order chi connectivity index (χ0) is 20.1. The Kier molecular flexibility index (Phi) is 6.30. The Morgan fingerprint density at radius 3 is 2.61 bits per heavy atom. The van der Waals surface area contributed by atoms with E-state index in [1.807, 2.05) is 43.3 Å². The first kappa shape index (κ1) is 19.9. The van der Waals surface area contributed by atoms with E-state index in [1.165, 1.54) is 10.5 Å². The van der Waals surface area contributed by atoms with Gasteiger partial charge in [0.15, 0.2) is 0 Å². The maximum absolute atomic E-state index is 11.8. The fourth-order valence-electron chi connectivity index (χ4n) is 2.93. The molecular formula is C21H23N5OS. The van der Waals surface area contributed by atoms with Crippen LogP contribution in [0.15, 0.2) is 65.7 Å². The van der Waals surface area contributed by atoms with E-state index in [9.17, 15) is 4.79 Å². The van der Waals surface area contributed by atoms with Gasteiger partial charge in [-0.05, 0) is 60.9 Å². The molecule has 144 valence electrons. The second-order valence-electron chi connectivity index (χ2n) is 6.38. The highest BCUT2D eigenvalue weighted by molar-refractivity contribution is 7.98. The van der Waals surface area contributed by atoms with E-state index in [0.717, 1.165) is 27.4 Å². The lowest BCUT2D eigenvalue weighted by molar-refractivity contribution is 0.246. The fourth-order valence-corrected chi connectivity index (χ4v) is 4.06. The van der Waals surface area contributed by atoms with E-state index in [-0.39, 0.29) is 0 Å². The molecule has 0 atom stereocenters. The maximum atomic E-state index is 11.8. The summed E-state index contributed by atoms with van der Waals surface area (Å²) in [6.45, 7) is 4.09. The third-order valence-electron chi connectivity index (χ3n) is 4.49. The predicted octanol–water partition coefficient (Wildman–Crippen LogP) is 3.92. The molecule has 7 heteroatoms. The first-order chi connectivity index (χ1) is 13.5. The molecule has 3 aromatic rings. The highest BCUT2D eigenvalue weighted by atomic mass is 32.2. The van der Waals surface area contributed by atoms with Gasteiger partial charge < -0.3 is 0 Å². The number of urea groups is 1. The largest absolute Gasteiger partial charge is 0.350 e. The van der Waals surface area contributed by atoms with Crippen LogP contribution in [-0.2, 0) is 5.75 Å². The molecule has 2 amide bonds. The molecule has 0 saturated carbocycles. The summed E-state index contributed by atoms with van der Waals surface area (Å²) in [5, 5.41) is 1.04. The molecule has 1 aromatic heterocycles. The molecule has 0 saturated heterocycles. The lowest BCUT2D eigenvalue weighted by Crippen LogP contribution is -2.48. The van der Waals surface area contributed by atoms with Crippen molar-refractivity contribution in [1.82, 2.24) is 10.4 Å². The van der Waals surface area contributed by atoms with Crippen molar-refractivity contribution >= 4 is 23.5 Å². The second-order valence-corrected chi connectivity index (χ2v) is 7.39. The van der Waals surface area contributed by atoms with E-state index in [4.69, 9.17) is 11.7 Å². The van der Waals surface area contributed by atoms with Gasteiger partial charge >= 0.3 is 6.03 Å². The number of hydrazine groups is 2. The number of nitrogens with two attached hydrogens (primary N) is 2. The van der Waals surface area contributed by atoms with E-state index in [1.54, 1.807) is 18.0 Å². The van der Waals surface area contributed by atoms with Gasteiger partial charge in [-0.25, -0.2) is 21.5 Å². The number of carbonyl (C=O) groups is 1. The fraction of sp³-hybridized carbons (Fsp3) is 0.143. The van der Waals surface area contributed by atoms with Gasteiger partial charge in [-0.15, -0.1) is 11.8 Å². The highest BCUT2D eigenvalue weighted by Gasteiger charge is 2.16. The SMILES string of the molecule is Cc1cc(-c2ccccn2)ccc1SCc1c(C)cccc1N(N)C(=O)NN. The summed E-state index contributed by atoms with van der Waals surface area (Å²) >= 11 is 1.70. The van der Waals surface area contributed by atoms with Crippen molar-refractivity contribution in [3.05, 3.63) is 77.5 Å².